The maximum Gasteiger partial charge on any atom is 0.250 e. The Balaban J connectivity index is 1.61. The standard InChI is InChI=1S/C15H13BrN2OS/c16-12-3-1-2-10(8-12)4-7-14(19)18-15-17-13(9-20-15)11-5-6-11/h1-4,7-9,11H,5-6H2,(H,17,18,19). The molecule has 1 aliphatic carbocycles. The van der Waals surface area contributed by atoms with Gasteiger partial charge < -0.3 is 0 Å². The van der Waals surface area contributed by atoms with Crippen LogP contribution in [0.4, 0.5) is 5.13 Å². The fourth-order valence-electron chi connectivity index (χ4n) is 1.84. The third-order valence-corrected chi connectivity index (χ3v) is 4.29. The first-order valence-corrected chi connectivity index (χ1v) is 8.08. The maximum absolute atomic E-state index is 11.8. The molecule has 3 nitrogen and oxygen atoms in total. The molecule has 1 aliphatic rings. The zero-order valence-electron chi connectivity index (χ0n) is 10.7. The summed E-state index contributed by atoms with van der Waals surface area (Å²) in [6.07, 6.45) is 5.76. The van der Waals surface area contributed by atoms with Crippen molar-refractivity contribution >= 4 is 44.4 Å². The van der Waals surface area contributed by atoms with E-state index in [0.717, 1.165) is 15.7 Å². The smallest absolute Gasteiger partial charge is 0.250 e. The minimum absolute atomic E-state index is 0.151. The molecule has 0 spiro atoms. The molecule has 3 rings (SSSR count). The summed E-state index contributed by atoms with van der Waals surface area (Å²) in [5.74, 6) is 0.468. The van der Waals surface area contributed by atoms with Gasteiger partial charge in [-0.3, -0.25) is 10.1 Å². The van der Waals surface area contributed by atoms with Crippen molar-refractivity contribution in [1.82, 2.24) is 4.98 Å². The summed E-state index contributed by atoms with van der Waals surface area (Å²) >= 11 is 4.89. The normalized spacial score (nSPS) is 14.7. The summed E-state index contributed by atoms with van der Waals surface area (Å²) < 4.78 is 0.994. The lowest BCUT2D eigenvalue weighted by Gasteiger charge is -1.97. The molecule has 0 aliphatic heterocycles. The maximum atomic E-state index is 11.8. The minimum Gasteiger partial charge on any atom is -0.298 e. The van der Waals surface area contributed by atoms with Crippen LogP contribution < -0.4 is 5.32 Å². The van der Waals surface area contributed by atoms with Crippen LogP contribution in [-0.4, -0.2) is 10.9 Å². The van der Waals surface area contributed by atoms with Crippen molar-refractivity contribution in [3.63, 3.8) is 0 Å². The van der Waals surface area contributed by atoms with E-state index in [4.69, 9.17) is 0 Å². The van der Waals surface area contributed by atoms with Crippen molar-refractivity contribution in [2.45, 2.75) is 18.8 Å². The number of rotatable bonds is 4. The first kappa shape index (κ1) is 13.5. The van der Waals surface area contributed by atoms with Crippen LogP contribution in [-0.2, 0) is 4.79 Å². The molecule has 20 heavy (non-hydrogen) atoms. The predicted molar refractivity (Wildman–Crippen MR) is 85.9 cm³/mol. The summed E-state index contributed by atoms with van der Waals surface area (Å²) in [6.45, 7) is 0. The third kappa shape index (κ3) is 3.55. The number of carbonyl (C=O) groups excluding carboxylic acids is 1. The molecule has 2 aromatic rings. The average Bonchev–Trinajstić information content (AvgIpc) is 3.18. The highest BCUT2D eigenvalue weighted by Gasteiger charge is 2.26. The van der Waals surface area contributed by atoms with E-state index >= 15 is 0 Å². The molecule has 102 valence electrons. The zero-order valence-corrected chi connectivity index (χ0v) is 13.1. The van der Waals surface area contributed by atoms with Crippen LogP contribution in [0.15, 0.2) is 40.2 Å². The highest BCUT2D eigenvalue weighted by atomic mass is 79.9. The highest BCUT2D eigenvalue weighted by molar-refractivity contribution is 9.10. The number of aromatic nitrogens is 1. The Labute approximate surface area is 129 Å². The zero-order chi connectivity index (χ0) is 13.9. The Morgan fingerprint density at radius 3 is 3.05 bits per heavy atom. The molecular weight excluding hydrogens is 336 g/mol. The SMILES string of the molecule is O=C(C=Cc1cccc(Br)c1)Nc1nc(C2CC2)cs1. The second-order valence-corrected chi connectivity index (χ2v) is 6.50. The van der Waals surface area contributed by atoms with Gasteiger partial charge in [0, 0.05) is 21.8 Å². The number of amides is 1. The lowest BCUT2D eigenvalue weighted by Crippen LogP contribution is -2.07. The first-order valence-electron chi connectivity index (χ1n) is 6.41. The quantitative estimate of drug-likeness (QED) is 0.830. The number of nitrogens with one attached hydrogen (secondary N) is 1. The molecule has 0 unspecified atom stereocenters. The number of halogens is 1. The number of carbonyl (C=O) groups is 1. The van der Waals surface area contributed by atoms with E-state index < -0.39 is 0 Å². The van der Waals surface area contributed by atoms with Gasteiger partial charge in [-0.05, 0) is 36.6 Å². The first-order chi connectivity index (χ1) is 9.70. The number of benzene rings is 1. The molecule has 5 heteroatoms. The summed E-state index contributed by atoms with van der Waals surface area (Å²) in [5, 5.41) is 5.51. The van der Waals surface area contributed by atoms with E-state index in [0.29, 0.717) is 11.0 Å². The Kier molecular flexibility index (Phi) is 3.98. The molecule has 0 saturated heterocycles. The van der Waals surface area contributed by atoms with Gasteiger partial charge in [0.15, 0.2) is 5.13 Å². The number of nitrogens with zero attached hydrogens (tertiary/aromatic N) is 1. The van der Waals surface area contributed by atoms with Crippen LogP contribution in [0.3, 0.4) is 0 Å². The van der Waals surface area contributed by atoms with E-state index in [1.807, 2.05) is 29.6 Å². The van der Waals surface area contributed by atoms with Gasteiger partial charge in [-0.2, -0.15) is 0 Å². The molecule has 1 aromatic heterocycles. The van der Waals surface area contributed by atoms with E-state index in [9.17, 15) is 4.79 Å². The van der Waals surface area contributed by atoms with Gasteiger partial charge in [0.05, 0.1) is 5.69 Å². The van der Waals surface area contributed by atoms with Crippen LogP contribution in [0.1, 0.15) is 30.0 Å². The predicted octanol–water partition coefficient (Wildman–Crippen LogP) is 4.43. The van der Waals surface area contributed by atoms with Crippen LogP contribution in [0, 0.1) is 0 Å². The molecule has 1 aromatic carbocycles. The summed E-state index contributed by atoms with van der Waals surface area (Å²) in [7, 11) is 0. The molecule has 1 amide bonds. The van der Waals surface area contributed by atoms with Crippen LogP contribution in [0.25, 0.3) is 6.08 Å². The Morgan fingerprint density at radius 1 is 1.45 bits per heavy atom. The van der Waals surface area contributed by atoms with E-state index in [2.05, 4.69) is 26.2 Å². The Bertz CT molecular complexity index is 661. The monoisotopic (exact) mass is 348 g/mol. The number of anilines is 1. The van der Waals surface area contributed by atoms with E-state index in [1.165, 1.54) is 30.3 Å². The molecule has 1 heterocycles. The van der Waals surface area contributed by atoms with E-state index in [1.54, 1.807) is 6.08 Å². The second-order valence-electron chi connectivity index (χ2n) is 4.73. The molecule has 1 N–H and O–H groups in total. The van der Waals surface area contributed by atoms with Crippen LogP contribution >= 0.6 is 27.3 Å². The average molecular weight is 349 g/mol. The molecule has 0 radical (unpaired) electrons. The van der Waals surface area contributed by atoms with Crippen LogP contribution in [0.5, 0.6) is 0 Å². The Morgan fingerprint density at radius 2 is 2.30 bits per heavy atom. The van der Waals surface area contributed by atoms with Gasteiger partial charge in [-0.1, -0.05) is 28.1 Å². The van der Waals surface area contributed by atoms with Crippen molar-refractivity contribution in [2.24, 2.45) is 0 Å². The fraction of sp³-hybridized carbons (Fsp3) is 0.200. The van der Waals surface area contributed by atoms with Gasteiger partial charge >= 0.3 is 0 Å². The fourth-order valence-corrected chi connectivity index (χ4v) is 3.05. The lowest BCUT2D eigenvalue weighted by atomic mass is 10.2. The van der Waals surface area contributed by atoms with Gasteiger partial charge in [0.2, 0.25) is 5.91 Å². The molecule has 0 atom stereocenters. The highest BCUT2D eigenvalue weighted by Crippen LogP contribution is 2.40. The number of hydrogen-bond acceptors (Lipinski definition) is 3. The van der Waals surface area contributed by atoms with Gasteiger partial charge in [0.1, 0.15) is 0 Å². The summed E-state index contributed by atoms with van der Waals surface area (Å²) in [6, 6.07) is 7.79. The molecular formula is C15H13BrN2OS. The van der Waals surface area contributed by atoms with Crippen molar-refractivity contribution in [2.75, 3.05) is 5.32 Å². The van der Waals surface area contributed by atoms with Crippen LogP contribution in [0.2, 0.25) is 0 Å². The molecule has 1 fully saturated rings. The van der Waals surface area contributed by atoms with Gasteiger partial charge in [-0.15, -0.1) is 11.3 Å². The number of hydrogen-bond donors (Lipinski definition) is 1. The van der Waals surface area contributed by atoms with Crippen molar-refractivity contribution in [3.8, 4) is 0 Å². The van der Waals surface area contributed by atoms with E-state index in [-0.39, 0.29) is 5.91 Å². The van der Waals surface area contributed by atoms with Gasteiger partial charge in [0.25, 0.3) is 0 Å². The largest absolute Gasteiger partial charge is 0.298 e. The van der Waals surface area contributed by atoms with Crippen molar-refractivity contribution in [1.29, 1.82) is 0 Å². The summed E-state index contributed by atoms with van der Waals surface area (Å²) in [5.41, 5.74) is 2.09. The summed E-state index contributed by atoms with van der Waals surface area (Å²) in [4.78, 5) is 16.2. The topological polar surface area (TPSA) is 42.0 Å². The van der Waals surface area contributed by atoms with Crippen molar-refractivity contribution < 1.29 is 4.79 Å². The molecule has 0 bridgehead atoms. The van der Waals surface area contributed by atoms with Gasteiger partial charge in [-0.25, -0.2) is 4.98 Å². The van der Waals surface area contributed by atoms with Crippen molar-refractivity contribution in [3.05, 3.63) is 51.5 Å². The number of thiazole rings is 1. The third-order valence-electron chi connectivity index (χ3n) is 3.02. The minimum atomic E-state index is -0.151. The Hall–Kier alpha value is -1.46. The lowest BCUT2D eigenvalue weighted by molar-refractivity contribution is -0.111. The molecule has 1 saturated carbocycles. The second kappa shape index (κ2) is 5.89.